The summed E-state index contributed by atoms with van der Waals surface area (Å²) in [4.78, 5) is 17.5. The van der Waals surface area contributed by atoms with E-state index in [-0.39, 0.29) is 5.54 Å². The van der Waals surface area contributed by atoms with Gasteiger partial charge in [0, 0.05) is 29.7 Å². The van der Waals surface area contributed by atoms with Gasteiger partial charge in [0.25, 0.3) is 0 Å². The summed E-state index contributed by atoms with van der Waals surface area (Å²) in [6.45, 7) is 5.55. The van der Waals surface area contributed by atoms with Gasteiger partial charge in [-0.05, 0) is 62.4 Å². The number of benzene rings is 1. The summed E-state index contributed by atoms with van der Waals surface area (Å²) in [5.41, 5.74) is 0.694. The lowest BCUT2D eigenvalue weighted by Crippen LogP contribution is -2.59. The van der Waals surface area contributed by atoms with Crippen molar-refractivity contribution in [3.8, 4) is 0 Å². The van der Waals surface area contributed by atoms with Crippen LogP contribution in [0.1, 0.15) is 44.6 Å². The third kappa shape index (κ3) is 3.24. The SMILES string of the molecule is CCCN1CCCC2(CCCN2Cc2cc(Cl)ccc2Cl)C1=O. The highest BCUT2D eigenvalue weighted by molar-refractivity contribution is 6.33. The first-order valence-electron chi connectivity index (χ1n) is 8.55. The Bertz CT molecular complexity index is 590. The van der Waals surface area contributed by atoms with Crippen molar-refractivity contribution >= 4 is 29.1 Å². The van der Waals surface area contributed by atoms with Crippen LogP contribution in [0.2, 0.25) is 10.0 Å². The zero-order valence-electron chi connectivity index (χ0n) is 13.7. The minimum Gasteiger partial charge on any atom is -0.341 e. The first-order chi connectivity index (χ1) is 11.1. The van der Waals surface area contributed by atoms with Crippen LogP contribution in [0.5, 0.6) is 0 Å². The quantitative estimate of drug-likeness (QED) is 0.801. The first-order valence-corrected chi connectivity index (χ1v) is 9.31. The molecular formula is C18H24Cl2N2O. The summed E-state index contributed by atoms with van der Waals surface area (Å²) in [5.74, 6) is 0.321. The number of halogens is 2. The van der Waals surface area contributed by atoms with Crippen LogP contribution in [-0.4, -0.2) is 40.9 Å². The van der Waals surface area contributed by atoms with Crippen molar-refractivity contribution in [1.29, 1.82) is 0 Å². The zero-order valence-corrected chi connectivity index (χ0v) is 15.2. The lowest BCUT2D eigenvalue weighted by Gasteiger charge is -2.44. The Morgan fingerprint density at radius 2 is 1.91 bits per heavy atom. The van der Waals surface area contributed by atoms with E-state index in [1.807, 2.05) is 18.2 Å². The van der Waals surface area contributed by atoms with Crippen molar-refractivity contribution in [2.75, 3.05) is 19.6 Å². The number of nitrogens with zero attached hydrogens (tertiary/aromatic N) is 2. The second kappa shape index (κ2) is 7.00. The number of carbonyl (C=O) groups is 1. The molecule has 1 spiro atoms. The zero-order chi connectivity index (χ0) is 16.4. The van der Waals surface area contributed by atoms with Crippen molar-refractivity contribution in [2.24, 2.45) is 0 Å². The summed E-state index contributed by atoms with van der Waals surface area (Å²) < 4.78 is 0. The molecule has 1 aromatic carbocycles. The van der Waals surface area contributed by atoms with Crippen LogP contribution in [0.4, 0.5) is 0 Å². The maximum absolute atomic E-state index is 13.1. The predicted octanol–water partition coefficient (Wildman–Crippen LogP) is 4.36. The average Bonchev–Trinajstić information content (AvgIpc) is 2.92. The fourth-order valence-electron chi connectivity index (χ4n) is 4.11. The number of hydrogen-bond acceptors (Lipinski definition) is 2. The molecule has 23 heavy (non-hydrogen) atoms. The van der Waals surface area contributed by atoms with Gasteiger partial charge in [-0.3, -0.25) is 9.69 Å². The average molecular weight is 355 g/mol. The molecule has 0 N–H and O–H groups in total. The number of carbonyl (C=O) groups excluding carboxylic acids is 1. The van der Waals surface area contributed by atoms with E-state index in [1.165, 1.54) is 0 Å². The van der Waals surface area contributed by atoms with Crippen molar-refractivity contribution < 1.29 is 4.79 Å². The Hall–Kier alpha value is -0.770. The van der Waals surface area contributed by atoms with E-state index >= 15 is 0 Å². The molecule has 2 fully saturated rings. The number of likely N-dealkylation sites (tertiary alicyclic amines) is 2. The first kappa shape index (κ1) is 17.1. The van der Waals surface area contributed by atoms with E-state index in [1.54, 1.807) is 0 Å². The molecule has 1 atom stereocenters. The minimum atomic E-state index is -0.320. The lowest BCUT2D eigenvalue weighted by atomic mass is 9.85. The van der Waals surface area contributed by atoms with Crippen LogP contribution in [-0.2, 0) is 11.3 Å². The molecule has 0 aliphatic carbocycles. The van der Waals surface area contributed by atoms with Gasteiger partial charge in [0.2, 0.25) is 5.91 Å². The molecule has 5 heteroatoms. The maximum atomic E-state index is 13.1. The summed E-state index contributed by atoms with van der Waals surface area (Å²) in [6, 6.07) is 5.57. The van der Waals surface area contributed by atoms with Crippen LogP contribution in [0, 0.1) is 0 Å². The van der Waals surface area contributed by atoms with E-state index in [4.69, 9.17) is 23.2 Å². The van der Waals surface area contributed by atoms with E-state index in [9.17, 15) is 4.79 Å². The van der Waals surface area contributed by atoms with Gasteiger partial charge < -0.3 is 4.90 Å². The van der Waals surface area contributed by atoms with Gasteiger partial charge in [0.15, 0.2) is 0 Å². The van der Waals surface area contributed by atoms with Crippen molar-refractivity contribution in [3.63, 3.8) is 0 Å². The van der Waals surface area contributed by atoms with Crippen LogP contribution < -0.4 is 0 Å². The number of hydrogen-bond donors (Lipinski definition) is 0. The van der Waals surface area contributed by atoms with E-state index in [2.05, 4.69) is 16.7 Å². The Morgan fingerprint density at radius 1 is 1.17 bits per heavy atom. The van der Waals surface area contributed by atoms with Gasteiger partial charge in [0.05, 0.1) is 0 Å². The molecule has 0 bridgehead atoms. The van der Waals surface area contributed by atoms with Gasteiger partial charge in [0.1, 0.15) is 5.54 Å². The Labute approximate surface area is 148 Å². The fraction of sp³-hybridized carbons (Fsp3) is 0.611. The molecule has 126 valence electrons. The van der Waals surface area contributed by atoms with Crippen molar-refractivity contribution in [3.05, 3.63) is 33.8 Å². The third-order valence-corrected chi connectivity index (χ3v) is 5.79. The standard InChI is InChI=1S/C18H24Cl2N2O/c1-2-9-21-10-3-7-18(17(21)23)8-4-11-22(18)13-14-12-15(19)5-6-16(14)20/h5-6,12H,2-4,7-11,13H2,1H3. The van der Waals surface area contributed by atoms with Crippen molar-refractivity contribution in [2.45, 2.75) is 51.1 Å². The monoisotopic (exact) mass is 354 g/mol. The van der Waals surface area contributed by atoms with E-state index in [0.29, 0.717) is 17.5 Å². The predicted molar refractivity (Wildman–Crippen MR) is 94.9 cm³/mol. The topological polar surface area (TPSA) is 23.6 Å². The van der Waals surface area contributed by atoms with E-state index in [0.717, 1.165) is 62.3 Å². The largest absolute Gasteiger partial charge is 0.341 e. The molecular weight excluding hydrogens is 331 g/mol. The van der Waals surface area contributed by atoms with Crippen LogP contribution in [0.3, 0.4) is 0 Å². The van der Waals surface area contributed by atoms with Gasteiger partial charge in [-0.25, -0.2) is 0 Å². The molecule has 2 heterocycles. The van der Waals surface area contributed by atoms with Crippen LogP contribution in [0.15, 0.2) is 18.2 Å². The summed E-state index contributed by atoms with van der Waals surface area (Å²) in [6.07, 6.45) is 5.10. The molecule has 2 aliphatic rings. The second-order valence-corrected chi connectivity index (χ2v) is 7.53. The normalized spacial score (nSPS) is 25.5. The van der Waals surface area contributed by atoms with E-state index < -0.39 is 0 Å². The fourth-order valence-corrected chi connectivity index (χ4v) is 4.48. The molecule has 0 aromatic heterocycles. The van der Waals surface area contributed by atoms with Crippen LogP contribution in [0.25, 0.3) is 0 Å². The smallest absolute Gasteiger partial charge is 0.243 e. The molecule has 2 aliphatic heterocycles. The lowest BCUT2D eigenvalue weighted by molar-refractivity contribution is -0.147. The minimum absolute atomic E-state index is 0.320. The summed E-state index contributed by atoms with van der Waals surface area (Å²) in [7, 11) is 0. The molecule has 3 nitrogen and oxygen atoms in total. The molecule has 0 saturated carbocycles. The number of rotatable bonds is 4. The number of piperidine rings is 1. The third-order valence-electron chi connectivity index (χ3n) is 5.19. The number of amides is 1. The van der Waals surface area contributed by atoms with Gasteiger partial charge in [-0.15, -0.1) is 0 Å². The molecule has 0 radical (unpaired) electrons. The van der Waals surface area contributed by atoms with Gasteiger partial charge in [-0.2, -0.15) is 0 Å². The maximum Gasteiger partial charge on any atom is 0.243 e. The molecule has 2 saturated heterocycles. The molecule has 3 rings (SSSR count). The second-order valence-electron chi connectivity index (χ2n) is 6.69. The highest BCUT2D eigenvalue weighted by atomic mass is 35.5. The highest BCUT2D eigenvalue weighted by Crippen LogP contribution is 2.40. The Kier molecular flexibility index (Phi) is 5.19. The van der Waals surface area contributed by atoms with Crippen molar-refractivity contribution in [1.82, 2.24) is 9.80 Å². The van der Waals surface area contributed by atoms with Gasteiger partial charge >= 0.3 is 0 Å². The Morgan fingerprint density at radius 3 is 2.65 bits per heavy atom. The highest BCUT2D eigenvalue weighted by Gasteiger charge is 2.50. The summed E-state index contributed by atoms with van der Waals surface area (Å²) in [5, 5.41) is 1.42. The summed E-state index contributed by atoms with van der Waals surface area (Å²) >= 11 is 12.5. The molecule has 1 amide bonds. The van der Waals surface area contributed by atoms with Gasteiger partial charge in [-0.1, -0.05) is 30.1 Å². The Balaban J connectivity index is 1.84. The molecule has 1 unspecified atom stereocenters. The van der Waals surface area contributed by atoms with Crippen LogP contribution >= 0.6 is 23.2 Å². The molecule has 1 aromatic rings.